The first kappa shape index (κ1) is 28.8. The van der Waals surface area contributed by atoms with Gasteiger partial charge in [0, 0.05) is 25.4 Å². The summed E-state index contributed by atoms with van der Waals surface area (Å²) >= 11 is 0. The Bertz CT molecular complexity index is 1180. The van der Waals surface area contributed by atoms with Gasteiger partial charge in [0.15, 0.2) is 11.5 Å². The average molecular weight is 517 g/mol. The number of hydrogen-bond acceptors (Lipinski definition) is 4. The molecule has 0 saturated carbocycles. The number of carbonyl (C=O) groups is 2. The van der Waals surface area contributed by atoms with Crippen LogP contribution in [0.3, 0.4) is 0 Å². The maximum atomic E-state index is 13.8. The van der Waals surface area contributed by atoms with Crippen molar-refractivity contribution in [3.05, 3.63) is 95.1 Å². The molecule has 38 heavy (non-hydrogen) atoms. The quantitative estimate of drug-likeness (QED) is 0.326. The molecule has 6 nitrogen and oxygen atoms in total. The van der Waals surface area contributed by atoms with Crippen LogP contribution in [0.1, 0.15) is 48.9 Å². The van der Waals surface area contributed by atoms with Gasteiger partial charge in [0.25, 0.3) is 0 Å². The summed E-state index contributed by atoms with van der Waals surface area (Å²) in [5.74, 6) is 1.08. The van der Waals surface area contributed by atoms with E-state index >= 15 is 0 Å². The highest BCUT2D eigenvalue weighted by Crippen LogP contribution is 2.28. The van der Waals surface area contributed by atoms with Crippen molar-refractivity contribution in [2.75, 3.05) is 14.2 Å². The van der Waals surface area contributed by atoms with Crippen LogP contribution in [-0.2, 0) is 29.0 Å². The van der Waals surface area contributed by atoms with Crippen LogP contribution in [0.4, 0.5) is 0 Å². The largest absolute Gasteiger partial charge is 0.493 e. The Morgan fingerprint density at radius 1 is 0.868 bits per heavy atom. The van der Waals surface area contributed by atoms with Gasteiger partial charge < -0.3 is 19.7 Å². The van der Waals surface area contributed by atoms with Crippen LogP contribution in [-0.4, -0.2) is 43.0 Å². The zero-order chi connectivity index (χ0) is 27.5. The van der Waals surface area contributed by atoms with Gasteiger partial charge in [0.2, 0.25) is 11.8 Å². The number of hydrogen-bond donors (Lipinski definition) is 1. The number of nitrogens with one attached hydrogen (secondary N) is 1. The van der Waals surface area contributed by atoms with Crippen molar-refractivity contribution in [3.8, 4) is 11.5 Å². The van der Waals surface area contributed by atoms with Crippen LogP contribution in [0.25, 0.3) is 0 Å². The van der Waals surface area contributed by atoms with Crippen LogP contribution in [0.5, 0.6) is 11.5 Å². The Balaban J connectivity index is 1.90. The maximum Gasteiger partial charge on any atom is 0.243 e. The molecule has 0 aromatic heterocycles. The highest BCUT2D eigenvalue weighted by atomic mass is 16.5. The van der Waals surface area contributed by atoms with Gasteiger partial charge in [0.05, 0.1) is 14.2 Å². The number of ether oxygens (including phenoxy) is 2. The standard InChI is InChI=1S/C32H40N2O4/c1-6-24(3)33-32(36)28(20-25-10-8-7-9-11-25)34(22-27-14-12-23(2)13-15-27)31(35)19-17-26-16-18-29(37-4)30(21-26)38-5/h7-16,18,21,24,28H,6,17,19-20,22H2,1-5H3,(H,33,36). The van der Waals surface area contributed by atoms with Crippen molar-refractivity contribution in [1.29, 1.82) is 0 Å². The second-order valence-electron chi connectivity index (χ2n) is 9.72. The van der Waals surface area contributed by atoms with E-state index < -0.39 is 6.04 Å². The lowest BCUT2D eigenvalue weighted by Crippen LogP contribution is -2.52. The molecule has 0 radical (unpaired) electrons. The van der Waals surface area contributed by atoms with E-state index in [1.807, 2.05) is 93.6 Å². The van der Waals surface area contributed by atoms with Crippen molar-refractivity contribution in [1.82, 2.24) is 10.2 Å². The predicted molar refractivity (Wildman–Crippen MR) is 151 cm³/mol. The molecule has 0 saturated heterocycles. The summed E-state index contributed by atoms with van der Waals surface area (Å²) in [4.78, 5) is 29.2. The third kappa shape index (κ3) is 8.10. The number of aryl methyl sites for hydroxylation is 2. The fraction of sp³-hybridized carbons (Fsp3) is 0.375. The lowest BCUT2D eigenvalue weighted by Gasteiger charge is -2.32. The van der Waals surface area contributed by atoms with Gasteiger partial charge in [-0.1, -0.05) is 73.2 Å². The molecule has 1 N–H and O–H groups in total. The van der Waals surface area contributed by atoms with Crippen molar-refractivity contribution >= 4 is 11.8 Å². The summed E-state index contributed by atoms with van der Waals surface area (Å²) in [6, 6.07) is 23.1. The number of rotatable bonds is 13. The minimum absolute atomic E-state index is 0.0175. The van der Waals surface area contributed by atoms with Gasteiger partial charge in [0.1, 0.15) is 6.04 Å². The van der Waals surface area contributed by atoms with E-state index in [0.29, 0.717) is 30.9 Å². The zero-order valence-electron chi connectivity index (χ0n) is 23.2. The summed E-state index contributed by atoms with van der Waals surface area (Å²) in [5, 5.41) is 3.12. The first-order valence-electron chi connectivity index (χ1n) is 13.2. The zero-order valence-corrected chi connectivity index (χ0v) is 23.2. The first-order chi connectivity index (χ1) is 18.3. The topological polar surface area (TPSA) is 67.9 Å². The maximum absolute atomic E-state index is 13.8. The summed E-state index contributed by atoms with van der Waals surface area (Å²) in [7, 11) is 3.20. The molecule has 6 heteroatoms. The summed E-state index contributed by atoms with van der Waals surface area (Å²) < 4.78 is 10.8. The summed E-state index contributed by atoms with van der Waals surface area (Å²) in [6.07, 6.45) is 2.05. The molecule has 0 aliphatic rings. The van der Waals surface area contributed by atoms with Crippen LogP contribution >= 0.6 is 0 Å². The third-order valence-corrected chi connectivity index (χ3v) is 6.82. The normalized spacial score (nSPS) is 12.3. The molecule has 0 bridgehead atoms. The Hall–Kier alpha value is -3.80. The average Bonchev–Trinajstić information content (AvgIpc) is 2.94. The van der Waals surface area contributed by atoms with Gasteiger partial charge in [-0.25, -0.2) is 0 Å². The second-order valence-corrected chi connectivity index (χ2v) is 9.72. The molecule has 0 fully saturated rings. The van der Waals surface area contributed by atoms with Crippen molar-refractivity contribution in [2.45, 2.75) is 65.1 Å². The third-order valence-electron chi connectivity index (χ3n) is 6.82. The van der Waals surface area contributed by atoms with Gasteiger partial charge in [-0.2, -0.15) is 0 Å². The van der Waals surface area contributed by atoms with Crippen LogP contribution in [0.2, 0.25) is 0 Å². The highest BCUT2D eigenvalue weighted by molar-refractivity contribution is 5.88. The van der Waals surface area contributed by atoms with E-state index in [0.717, 1.165) is 28.7 Å². The van der Waals surface area contributed by atoms with E-state index in [9.17, 15) is 9.59 Å². The van der Waals surface area contributed by atoms with Crippen molar-refractivity contribution < 1.29 is 19.1 Å². The molecule has 202 valence electrons. The van der Waals surface area contributed by atoms with Crippen LogP contribution in [0.15, 0.2) is 72.8 Å². The Kier molecular flexibility index (Phi) is 10.8. The molecule has 3 aromatic carbocycles. The van der Waals surface area contributed by atoms with Gasteiger partial charge in [-0.3, -0.25) is 9.59 Å². The SMILES string of the molecule is CCC(C)NC(=O)C(Cc1ccccc1)N(Cc1ccc(C)cc1)C(=O)CCc1ccc(OC)c(OC)c1. The number of nitrogens with zero attached hydrogens (tertiary/aromatic N) is 1. The Morgan fingerprint density at radius 3 is 2.16 bits per heavy atom. The first-order valence-corrected chi connectivity index (χ1v) is 13.2. The smallest absolute Gasteiger partial charge is 0.243 e. The summed E-state index contributed by atoms with van der Waals surface area (Å²) in [5.41, 5.74) is 4.12. The molecular weight excluding hydrogens is 476 g/mol. The van der Waals surface area contributed by atoms with Crippen LogP contribution < -0.4 is 14.8 Å². The molecule has 3 aromatic rings. The minimum atomic E-state index is -0.634. The van der Waals surface area contributed by atoms with E-state index in [4.69, 9.17) is 9.47 Å². The van der Waals surface area contributed by atoms with Gasteiger partial charge >= 0.3 is 0 Å². The van der Waals surface area contributed by atoms with E-state index in [1.54, 1.807) is 19.1 Å². The van der Waals surface area contributed by atoms with Crippen LogP contribution in [0, 0.1) is 6.92 Å². The van der Waals surface area contributed by atoms with Gasteiger partial charge in [-0.15, -0.1) is 0 Å². The van der Waals surface area contributed by atoms with Crippen molar-refractivity contribution in [2.24, 2.45) is 0 Å². The van der Waals surface area contributed by atoms with E-state index in [-0.39, 0.29) is 24.3 Å². The fourth-order valence-electron chi connectivity index (χ4n) is 4.32. The molecular formula is C32H40N2O4. The van der Waals surface area contributed by atoms with E-state index in [1.165, 1.54) is 0 Å². The second kappa shape index (κ2) is 14.2. The lowest BCUT2D eigenvalue weighted by molar-refractivity contribution is -0.141. The summed E-state index contributed by atoms with van der Waals surface area (Å²) in [6.45, 7) is 6.42. The monoisotopic (exact) mass is 516 g/mol. The minimum Gasteiger partial charge on any atom is -0.493 e. The molecule has 0 aliphatic heterocycles. The van der Waals surface area contributed by atoms with Gasteiger partial charge in [-0.05, 0) is 55.5 Å². The lowest BCUT2D eigenvalue weighted by atomic mass is 10.0. The Labute approximate surface area is 227 Å². The fourth-order valence-corrected chi connectivity index (χ4v) is 4.32. The highest BCUT2D eigenvalue weighted by Gasteiger charge is 2.30. The van der Waals surface area contributed by atoms with E-state index in [2.05, 4.69) is 5.32 Å². The molecule has 2 unspecified atom stereocenters. The molecule has 0 spiro atoms. The number of methoxy groups -OCH3 is 2. The predicted octanol–water partition coefficient (Wildman–Crippen LogP) is 5.50. The molecule has 0 heterocycles. The van der Waals surface area contributed by atoms with Crippen molar-refractivity contribution in [3.63, 3.8) is 0 Å². The molecule has 3 rings (SSSR count). The number of benzene rings is 3. The number of amides is 2. The molecule has 0 aliphatic carbocycles. The molecule has 2 amide bonds. The molecule has 2 atom stereocenters. The number of carbonyl (C=O) groups excluding carboxylic acids is 2. The Morgan fingerprint density at radius 2 is 1.53 bits per heavy atom.